The Balaban J connectivity index is 2.02. The van der Waals surface area contributed by atoms with Crippen LogP contribution >= 0.6 is 0 Å². The molecule has 0 bridgehead atoms. The van der Waals surface area contributed by atoms with Gasteiger partial charge in [0.15, 0.2) is 0 Å². The maximum absolute atomic E-state index is 12.1. The number of carbonyl (C=O) groups excluding carboxylic acids is 1. The van der Waals surface area contributed by atoms with E-state index in [1.54, 1.807) is 12.1 Å². The van der Waals surface area contributed by atoms with Gasteiger partial charge in [-0.3, -0.25) is 4.18 Å². The molecule has 116 valence electrons. The summed E-state index contributed by atoms with van der Waals surface area (Å²) in [7, 11) is -3.92. The largest absolute Gasteiger partial charge is 0.300 e. The minimum absolute atomic E-state index is 0.0599. The molecule has 0 aliphatic carbocycles. The van der Waals surface area contributed by atoms with Crippen molar-refractivity contribution in [2.45, 2.75) is 30.8 Å². The predicted octanol–water partition coefficient (Wildman–Crippen LogP) is 2.90. The van der Waals surface area contributed by atoms with Crippen LogP contribution in [0.3, 0.4) is 0 Å². The Labute approximate surface area is 130 Å². The molecule has 0 aromatic heterocycles. The van der Waals surface area contributed by atoms with Crippen molar-refractivity contribution in [3.8, 4) is 0 Å². The molecule has 22 heavy (non-hydrogen) atoms. The maximum atomic E-state index is 12.1. The van der Waals surface area contributed by atoms with E-state index >= 15 is 0 Å². The minimum atomic E-state index is -3.92. The number of aryl methyl sites for hydroxylation is 2. The second-order valence-corrected chi connectivity index (χ2v) is 6.63. The van der Waals surface area contributed by atoms with Crippen LogP contribution in [0.25, 0.3) is 0 Å². The maximum Gasteiger partial charge on any atom is 0.297 e. The molecule has 5 heteroatoms. The molecule has 0 amide bonds. The van der Waals surface area contributed by atoms with E-state index in [1.165, 1.54) is 12.1 Å². The van der Waals surface area contributed by atoms with Crippen LogP contribution in [0.15, 0.2) is 59.5 Å². The number of hydrogen-bond acceptors (Lipinski definition) is 4. The van der Waals surface area contributed by atoms with E-state index in [-0.39, 0.29) is 4.90 Å². The molecule has 2 aromatic carbocycles. The fourth-order valence-corrected chi connectivity index (χ4v) is 3.06. The summed E-state index contributed by atoms with van der Waals surface area (Å²) in [5.41, 5.74) is 1.99. The monoisotopic (exact) mass is 318 g/mol. The van der Waals surface area contributed by atoms with Gasteiger partial charge in [-0.15, -0.1) is 0 Å². The van der Waals surface area contributed by atoms with E-state index in [2.05, 4.69) is 0 Å². The SMILES string of the molecule is Cc1ccc(S(=O)(=O)OC(C=O)CCc2ccccc2)cc1. The molecule has 0 N–H and O–H groups in total. The zero-order valence-electron chi connectivity index (χ0n) is 12.3. The summed E-state index contributed by atoms with van der Waals surface area (Å²) in [5.74, 6) is 0. The predicted molar refractivity (Wildman–Crippen MR) is 84.1 cm³/mol. The Kier molecular flexibility index (Phi) is 5.46. The quantitative estimate of drug-likeness (QED) is 0.582. The first-order chi connectivity index (χ1) is 10.5. The molecule has 0 spiro atoms. The van der Waals surface area contributed by atoms with Gasteiger partial charge >= 0.3 is 0 Å². The van der Waals surface area contributed by atoms with E-state index in [0.29, 0.717) is 19.1 Å². The van der Waals surface area contributed by atoms with Crippen LogP contribution in [0, 0.1) is 6.92 Å². The molecular weight excluding hydrogens is 300 g/mol. The van der Waals surface area contributed by atoms with Gasteiger partial charge in [0.1, 0.15) is 12.4 Å². The Morgan fingerprint density at radius 3 is 2.27 bits per heavy atom. The molecule has 0 aliphatic rings. The molecular formula is C17H18O4S. The Hall–Kier alpha value is -1.98. The van der Waals surface area contributed by atoms with Gasteiger partial charge in [-0.25, -0.2) is 0 Å². The van der Waals surface area contributed by atoms with Crippen molar-refractivity contribution in [1.29, 1.82) is 0 Å². The Bertz CT molecular complexity index is 706. The van der Waals surface area contributed by atoms with Crippen molar-refractivity contribution in [3.05, 3.63) is 65.7 Å². The number of hydrogen-bond donors (Lipinski definition) is 0. The highest BCUT2D eigenvalue weighted by Crippen LogP contribution is 2.16. The van der Waals surface area contributed by atoms with Crippen LogP contribution in [0.5, 0.6) is 0 Å². The molecule has 0 heterocycles. The number of aldehydes is 1. The average Bonchev–Trinajstić information content (AvgIpc) is 2.52. The van der Waals surface area contributed by atoms with E-state index < -0.39 is 16.2 Å². The van der Waals surface area contributed by atoms with E-state index in [9.17, 15) is 13.2 Å². The van der Waals surface area contributed by atoms with E-state index in [1.807, 2.05) is 37.3 Å². The molecule has 0 saturated carbocycles. The zero-order valence-corrected chi connectivity index (χ0v) is 13.1. The smallest absolute Gasteiger partial charge is 0.297 e. The van der Waals surface area contributed by atoms with Crippen LogP contribution in [-0.4, -0.2) is 20.8 Å². The first-order valence-corrected chi connectivity index (χ1v) is 8.41. The van der Waals surface area contributed by atoms with Gasteiger partial charge in [0.2, 0.25) is 0 Å². The molecule has 1 atom stereocenters. The van der Waals surface area contributed by atoms with E-state index in [0.717, 1.165) is 11.1 Å². The number of carbonyl (C=O) groups is 1. The number of benzene rings is 2. The fraction of sp³-hybridized carbons (Fsp3) is 0.235. The molecule has 0 fully saturated rings. The first-order valence-electron chi connectivity index (χ1n) is 7.00. The highest BCUT2D eigenvalue weighted by atomic mass is 32.2. The van der Waals surface area contributed by atoms with Gasteiger partial charge in [0.05, 0.1) is 4.90 Å². The van der Waals surface area contributed by atoms with Gasteiger partial charge in [-0.1, -0.05) is 48.0 Å². The minimum Gasteiger partial charge on any atom is -0.300 e. The summed E-state index contributed by atoms with van der Waals surface area (Å²) < 4.78 is 29.3. The van der Waals surface area contributed by atoms with Gasteiger partial charge in [0.25, 0.3) is 10.1 Å². The molecule has 2 aromatic rings. The summed E-state index contributed by atoms with van der Waals surface area (Å²) in [5, 5.41) is 0. The van der Waals surface area contributed by atoms with Crippen molar-refractivity contribution in [2.75, 3.05) is 0 Å². The molecule has 0 radical (unpaired) electrons. The fourth-order valence-electron chi connectivity index (χ4n) is 2.02. The van der Waals surface area contributed by atoms with Crippen LogP contribution in [0.1, 0.15) is 17.5 Å². The van der Waals surface area contributed by atoms with Gasteiger partial charge in [-0.05, 0) is 37.5 Å². The molecule has 2 rings (SSSR count). The summed E-state index contributed by atoms with van der Waals surface area (Å²) in [6.07, 6.45) is 0.451. The van der Waals surface area contributed by atoms with Gasteiger partial charge < -0.3 is 4.79 Å². The summed E-state index contributed by atoms with van der Waals surface area (Å²) in [4.78, 5) is 11.2. The number of rotatable bonds is 7. The normalized spacial score (nSPS) is 12.8. The van der Waals surface area contributed by atoms with E-state index in [4.69, 9.17) is 4.18 Å². The van der Waals surface area contributed by atoms with Crippen molar-refractivity contribution in [1.82, 2.24) is 0 Å². The lowest BCUT2D eigenvalue weighted by atomic mass is 10.1. The van der Waals surface area contributed by atoms with Gasteiger partial charge in [-0.2, -0.15) is 8.42 Å². The lowest BCUT2D eigenvalue weighted by molar-refractivity contribution is -0.113. The Morgan fingerprint density at radius 2 is 1.68 bits per heavy atom. The third-order valence-corrected chi connectivity index (χ3v) is 4.62. The van der Waals surface area contributed by atoms with Gasteiger partial charge in [0, 0.05) is 0 Å². The van der Waals surface area contributed by atoms with Crippen molar-refractivity contribution in [3.63, 3.8) is 0 Å². The highest BCUT2D eigenvalue weighted by molar-refractivity contribution is 7.86. The standard InChI is InChI=1S/C17H18O4S/c1-14-7-11-17(12-8-14)22(19,20)21-16(13-18)10-9-15-5-3-2-4-6-15/h2-8,11-13,16H,9-10H2,1H3. The topological polar surface area (TPSA) is 60.4 Å². The van der Waals surface area contributed by atoms with Crippen LogP contribution in [-0.2, 0) is 25.5 Å². The van der Waals surface area contributed by atoms with Crippen molar-refractivity contribution < 1.29 is 17.4 Å². The second-order valence-electron chi connectivity index (χ2n) is 5.06. The first kappa shape index (κ1) is 16.4. The average molecular weight is 318 g/mol. The second kappa shape index (κ2) is 7.33. The molecule has 0 saturated heterocycles. The van der Waals surface area contributed by atoms with Crippen LogP contribution in [0.2, 0.25) is 0 Å². The van der Waals surface area contributed by atoms with Crippen LogP contribution in [0.4, 0.5) is 0 Å². The highest BCUT2D eigenvalue weighted by Gasteiger charge is 2.21. The lowest BCUT2D eigenvalue weighted by Gasteiger charge is -2.12. The summed E-state index contributed by atoms with van der Waals surface area (Å²) in [6, 6.07) is 15.9. The summed E-state index contributed by atoms with van der Waals surface area (Å²) >= 11 is 0. The van der Waals surface area contributed by atoms with Crippen LogP contribution < -0.4 is 0 Å². The van der Waals surface area contributed by atoms with Crippen molar-refractivity contribution in [2.24, 2.45) is 0 Å². The lowest BCUT2D eigenvalue weighted by Crippen LogP contribution is -2.20. The zero-order chi connectivity index (χ0) is 16.0. The summed E-state index contributed by atoms with van der Waals surface area (Å²) in [6.45, 7) is 1.87. The third kappa shape index (κ3) is 4.51. The Morgan fingerprint density at radius 1 is 1.05 bits per heavy atom. The third-order valence-electron chi connectivity index (χ3n) is 3.27. The van der Waals surface area contributed by atoms with Crippen molar-refractivity contribution >= 4 is 16.4 Å². The molecule has 0 aliphatic heterocycles. The molecule has 1 unspecified atom stereocenters. The molecule has 4 nitrogen and oxygen atoms in total.